The second-order valence-electron chi connectivity index (χ2n) is 5.71. The van der Waals surface area contributed by atoms with Gasteiger partial charge in [0, 0.05) is 11.4 Å². The quantitative estimate of drug-likeness (QED) is 0.884. The number of sulfone groups is 1. The molecule has 0 spiro atoms. The molecule has 23 heavy (non-hydrogen) atoms. The fraction of sp³-hybridized carbons (Fsp3) is 0.353. The lowest BCUT2D eigenvalue weighted by Crippen LogP contribution is -2.31. The predicted octanol–water partition coefficient (Wildman–Crippen LogP) is 2.71. The minimum Gasteiger partial charge on any atom is -0.478 e. The molecular formula is C17H21NO4S. The summed E-state index contributed by atoms with van der Waals surface area (Å²) in [5.41, 5.74) is 2.73. The zero-order chi connectivity index (χ0) is 17.4. The van der Waals surface area contributed by atoms with Crippen molar-refractivity contribution in [3.63, 3.8) is 0 Å². The predicted molar refractivity (Wildman–Crippen MR) is 89.6 cm³/mol. The second-order valence-corrected chi connectivity index (χ2v) is 7.95. The molecule has 6 heteroatoms. The Bertz CT molecular complexity index is 802. The minimum absolute atomic E-state index is 0.0737. The number of aliphatic carboxylic acids is 1. The van der Waals surface area contributed by atoms with E-state index in [0.29, 0.717) is 17.0 Å². The Hall–Kier alpha value is -2.08. The van der Waals surface area contributed by atoms with Gasteiger partial charge in [-0.05, 0) is 26.3 Å². The summed E-state index contributed by atoms with van der Waals surface area (Å²) in [5.74, 6) is -1.98. The smallest absolute Gasteiger partial charge is 0.334 e. The van der Waals surface area contributed by atoms with E-state index in [1.54, 1.807) is 32.9 Å². The van der Waals surface area contributed by atoms with Gasteiger partial charge in [0.25, 0.3) is 0 Å². The number of carboxylic acid groups (broad SMARTS) is 1. The fourth-order valence-electron chi connectivity index (χ4n) is 2.90. The summed E-state index contributed by atoms with van der Waals surface area (Å²) >= 11 is 0. The zero-order valence-electron chi connectivity index (χ0n) is 13.7. The van der Waals surface area contributed by atoms with Crippen molar-refractivity contribution in [3.05, 3.63) is 57.3 Å². The van der Waals surface area contributed by atoms with E-state index in [4.69, 9.17) is 0 Å². The number of nitrogens with one attached hydrogen (secondary N) is 1. The van der Waals surface area contributed by atoms with Crippen LogP contribution in [0.3, 0.4) is 0 Å². The molecule has 124 valence electrons. The average Bonchev–Trinajstić information content (AvgIpc) is 2.46. The van der Waals surface area contributed by atoms with Crippen molar-refractivity contribution in [1.82, 2.24) is 5.32 Å². The highest BCUT2D eigenvalue weighted by atomic mass is 32.2. The maximum absolute atomic E-state index is 12.6. The van der Waals surface area contributed by atoms with E-state index in [1.807, 2.05) is 19.1 Å². The molecule has 1 aromatic carbocycles. The summed E-state index contributed by atoms with van der Waals surface area (Å²) in [6, 6.07) is 7.30. The van der Waals surface area contributed by atoms with Crippen molar-refractivity contribution >= 4 is 15.8 Å². The molecule has 0 radical (unpaired) electrons. The summed E-state index contributed by atoms with van der Waals surface area (Å²) in [4.78, 5) is 11.9. The molecule has 1 atom stereocenters. The Labute approximate surface area is 136 Å². The summed E-state index contributed by atoms with van der Waals surface area (Å²) in [6.07, 6.45) is 0. The van der Waals surface area contributed by atoms with Gasteiger partial charge in [-0.25, -0.2) is 13.2 Å². The van der Waals surface area contributed by atoms with Gasteiger partial charge in [0.2, 0.25) is 0 Å². The van der Waals surface area contributed by atoms with Crippen molar-refractivity contribution in [2.45, 2.75) is 33.6 Å². The van der Waals surface area contributed by atoms with Crippen molar-refractivity contribution < 1.29 is 18.3 Å². The number of hydrogen-bond acceptors (Lipinski definition) is 4. The lowest BCUT2D eigenvalue weighted by molar-refractivity contribution is -0.133. The number of dihydropyridines is 1. The van der Waals surface area contributed by atoms with E-state index in [1.165, 1.54) is 0 Å². The molecule has 1 heterocycles. The van der Waals surface area contributed by atoms with E-state index < -0.39 is 21.7 Å². The molecule has 0 aromatic heterocycles. The van der Waals surface area contributed by atoms with Gasteiger partial charge in [-0.2, -0.15) is 0 Å². The van der Waals surface area contributed by atoms with Gasteiger partial charge in [0.05, 0.1) is 22.1 Å². The molecule has 1 aliphatic rings. The van der Waals surface area contributed by atoms with E-state index in [2.05, 4.69) is 5.32 Å². The van der Waals surface area contributed by atoms with Crippen LogP contribution < -0.4 is 5.32 Å². The summed E-state index contributed by atoms with van der Waals surface area (Å²) in [7, 11) is -3.55. The van der Waals surface area contributed by atoms with Gasteiger partial charge in [-0.1, -0.05) is 36.8 Å². The second kappa shape index (κ2) is 6.20. The molecule has 1 unspecified atom stereocenters. The summed E-state index contributed by atoms with van der Waals surface area (Å²) < 4.78 is 25.2. The van der Waals surface area contributed by atoms with Crippen LogP contribution in [0.25, 0.3) is 0 Å². The number of aryl methyl sites for hydroxylation is 1. The van der Waals surface area contributed by atoms with Crippen LogP contribution in [-0.2, 0) is 14.6 Å². The average molecular weight is 335 g/mol. The molecule has 5 nitrogen and oxygen atoms in total. The molecule has 0 saturated carbocycles. The number of carbonyl (C=O) groups is 1. The van der Waals surface area contributed by atoms with Crippen molar-refractivity contribution in [3.8, 4) is 0 Å². The largest absolute Gasteiger partial charge is 0.478 e. The molecule has 0 amide bonds. The third-order valence-corrected chi connectivity index (χ3v) is 6.03. The van der Waals surface area contributed by atoms with Crippen molar-refractivity contribution in [2.75, 3.05) is 5.75 Å². The Morgan fingerprint density at radius 1 is 1.13 bits per heavy atom. The highest BCUT2D eigenvalue weighted by Gasteiger charge is 2.38. The Kier molecular flexibility index (Phi) is 4.66. The third kappa shape index (κ3) is 3.17. The van der Waals surface area contributed by atoms with Gasteiger partial charge >= 0.3 is 5.97 Å². The Balaban J connectivity index is 2.76. The number of rotatable bonds is 4. The van der Waals surface area contributed by atoms with Crippen LogP contribution in [0.2, 0.25) is 0 Å². The Morgan fingerprint density at radius 3 is 2.17 bits per heavy atom. The lowest BCUT2D eigenvalue weighted by atomic mass is 9.86. The molecule has 0 fully saturated rings. The van der Waals surface area contributed by atoms with Gasteiger partial charge < -0.3 is 10.4 Å². The fourth-order valence-corrected chi connectivity index (χ4v) is 4.35. The monoisotopic (exact) mass is 335 g/mol. The van der Waals surface area contributed by atoms with Crippen molar-refractivity contribution in [1.29, 1.82) is 0 Å². The summed E-state index contributed by atoms with van der Waals surface area (Å²) in [5, 5.41) is 12.5. The van der Waals surface area contributed by atoms with Crippen molar-refractivity contribution in [2.24, 2.45) is 0 Å². The van der Waals surface area contributed by atoms with Gasteiger partial charge in [-0.3, -0.25) is 0 Å². The first-order valence-corrected chi connectivity index (χ1v) is 9.05. The van der Waals surface area contributed by atoms with Crippen LogP contribution in [0.15, 0.2) is 46.1 Å². The van der Waals surface area contributed by atoms with Gasteiger partial charge in [-0.15, -0.1) is 0 Å². The van der Waals surface area contributed by atoms with E-state index in [0.717, 1.165) is 5.56 Å². The van der Waals surface area contributed by atoms with Crippen LogP contribution in [0, 0.1) is 6.92 Å². The number of carboxylic acids is 1. The molecule has 2 N–H and O–H groups in total. The van der Waals surface area contributed by atoms with Crippen LogP contribution in [0.4, 0.5) is 0 Å². The third-order valence-electron chi connectivity index (χ3n) is 4.06. The first-order valence-electron chi connectivity index (χ1n) is 7.40. The topological polar surface area (TPSA) is 83.5 Å². The molecule has 0 aliphatic carbocycles. The van der Waals surface area contributed by atoms with E-state index in [9.17, 15) is 18.3 Å². The maximum atomic E-state index is 12.6. The SMILES string of the molecule is CCS(=O)(=O)C1=C(C)NC(C)=C(C(=O)O)C1c1ccc(C)cc1. The lowest BCUT2D eigenvalue weighted by Gasteiger charge is -2.30. The first kappa shape index (κ1) is 17.3. The van der Waals surface area contributed by atoms with Crippen LogP contribution >= 0.6 is 0 Å². The van der Waals surface area contributed by atoms with Crippen LogP contribution in [0.5, 0.6) is 0 Å². The van der Waals surface area contributed by atoms with E-state index >= 15 is 0 Å². The zero-order valence-corrected chi connectivity index (χ0v) is 14.5. The molecule has 0 saturated heterocycles. The van der Waals surface area contributed by atoms with Crippen LogP contribution in [0.1, 0.15) is 37.8 Å². The number of hydrogen-bond donors (Lipinski definition) is 2. The highest BCUT2D eigenvalue weighted by molar-refractivity contribution is 7.95. The summed E-state index contributed by atoms with van der Waals surface area (Å²) in [6.45, 7) is 6.82. The standard InChI is InChI=1S/C17H21NO4S/c1-5-23(21,22)16-12(4)18-11(3)14(17(19)20)15(16)13-8-6-10(2)7-9-13/h6-9,15,18H,5H2,1-4H3,(H,19,20). The minimum atomic E-state index is -3.55. The van der Waals surface area contributed by atoms with Crippen LogP contribution in [-0.4, -0.2) is 25.2 Å². The van der Waals surface area contributed by atoms with E-state index in [-0.39, 0.29) is 16.2 Å². The molecule has 1 aliphatic heterocycles. The number of allylic oxidation sites excluding steroid dienone is 3. The van der Waals surface area contributed by atoms with Gasteiger partial charge in [0.1, 0.15) is 0 Å². The normalized spacial score (nSPS) is 18.9. The number of benzene rings is 1. The maximum Gasteiger partial charge on any atom is 0.334 e. The Morgan fingerprint density at radius 2 is 1.70 bits per heavy atom. The molecular weight excluding hydrogens is 314 g/mol. The first-order chi connectivity index (χ1) is 10.7. The molecule has 0 bridgehead atoms. The van der Waals surface area contributed by atoms with Gasteiger partial charge in [0.15, 0.2) is 9.84 Å². The highest BCUT2D eigenvalue weighted by Crippen LogP contribution is 2.40. The molecule has 1 aromatic rings. The molecule has 2 rings (SSSR count).